The number of amides is 3. The standard InChI is InChI=1S/C23H36N4O6/c1-12(2)10-18(23(32)33)26-22(31)19(13(3)4)27-20(29)14(5)25-21(30)17(24)11-15-6-8-16(28)9-7-15/h6-9,12-14,17-19,28H,10-11,24H2,1-5H3,(H,25,30)(H,26,31)(H,27,29)(H,32,33). The second kappa shape index (κ2) is 12.8. The number of carboxylic acid groups (broad SMARTS) is 1. The van der Waals surface area contributed by atoms with E-state index in [4.69, 9.17) is 5.73 Å². The SMILES string of the molecule is CC(C)CC(NC(=O)C(NC(=O)C(C)NC(=O)C(N)Cc1ccc(O)cc1)C(C)C)C(=O)O. The molecule has 0 saturated carbocycles. The Morgan fingerprint density at radius 1 is 0.879 bits per heavy atom. The van der Waals surface area contributed by atoms with E-state index < -0.39 is 47.9 Å². The number of aliphatic carboxylic acids is 1. The van der Waals surface area contributed by atoms with Crippen LogP contribution < -0.4 is 21.7 Å². The summed E-state index contributed by atoms with van der Waals surface area (Å²) in [6.45, 7) is 8.61. The number of carbonyl (C=O) groups is 4. The molecule has 7 N–H and O–H groups in total. The largest absolute Gasteiger partial charge is 0.508 e. The smallest absolute Gasteiger partial charge is 0.326 e. The normalized spacial score (nSPS) is 14.8. The highest BCUT2D eigenvalue weighted by Crippen LogP contribution is 2.11. The quantitative estimate of drug-likeness (QED) is 0.262. The summed E-state index contributed by atoms with van der Waals surface area (Å²) in [5.74, 6) is -3.04. The summed E-state index contributed by atoms with van der Waals surface area (Å²) >= 11 is 0. The minimum absolute atomic E-state index is 0.0551. The molecule has 0 bridgehead atoms. The zero-order valence-electron chi connectivity index (χ0n) is 19.8. The van der Waals surface area contributed by atoms with Gasteiger partial charge in [0.1, 0.15) is 23.9 Å². The molecule has 0 radical (unpaired) electrons. The minimum Gasteiger partial charge on any atom is -0.508 e. The van der Waals surface area contributed by atoms with Gasteiger partial charge in [-0.25, -0.2) is 4.79 Å². The van der Waals surface area contributed by atoms with E-state index in [0.717, 1.165) is 5.56 Å². The molecule has 0 aromatic heterocycles. The molecule has 10 nitrogen and oxygen atoms in total. The summed E-state index contributed by atoms with van der Waals surface area (Å²) in [7, 11) is 0. The fraction of sp³-hybridized carbons (Fsp3) is 0.565. The van der Waals surface area contributed by atoms with E-state index in [0.29, 0.717) is 0 Å². The Labute approximate surface area is 194 Å². The highest BCUT2D eigenvalue weighted by molar-refractivity contribution is 5.94. The third-order valence-corrected chi connectivity index (χ3v) is 5.05. The van der Waals surface area contributed by atoms with Gasteiger partial charge in [-0.3, -0.25) is 14.4 Å². The Bertz CT molecular complexity index is 825. The Kier molecular flexibility index (Phi) is 10.8. The van der Waals surface area contributed by atoms with Gasteiger partial charge in [0.25, 0.3) is 0 Å². The van der Waals surface area contributed by atoms with E-state index in [1.54, 1.807) is 26.0 Å². The zero-order valence-corrected chi connectivity index (χ0v) is 19.8. The molecular weight excluding hydrogens is 428 g/mol. The summed E-state index contributed by atoms with van der Waals surface area (Å²) in [5, 5.41) is 26.3. The lowest BCUT2D eigenvalue weighted by Crippen LogP contribution is -2.58. The van der Waals surface area contributed by atoms with E-state index >= 15 is 0 Å². The number of rotatable bonds is 12. The third kappa shape index (κ3) is 9.48. The Morgan fingerprint density at radius 2 is 1.45 bits per heavy atom. The fourth-order valence-electron chi connectivity index (χ4n) is 3.13. The number of aromatic hydroxyl groups is 1. The van der Waals surface area contributed by atoms with Crippen molar-refractivity contribution in [2.45, 2.75) is 71.6 Å². The molecule has 184 valence electrons. The van der Waals surface area contributed by atoms with Gasteiger partial charge in [0.2, 0.25) is 17.7 Å². The monoisotopic (exact) mass is 464 g/mol. The molecule has 0 aliphatic rings. The summed E-state index contributed by atoms with van der Waals surface area (Å²) in [5.41, 5.74) is 6.68. The lowest BCUT2D eigenvalue weighted by atomic mass is 10.00. The summed E-state index contributed by atoms with van der Waals surface area (Å²) in [4.78, 5) is 49.2. The second-order valence-electron chi connectivity index (χ2n) is 8.97. The highest BCUT2D eigenvalue weighted by Gasteiger charge is 2.30. The van der Waals surface area contributed by atoms with Crippen LogP contribution in [-0.2, 0) is 25.6 Å². The maximum Gasteiger partial charge on any atom is 0.326 e. The predicted octanol–water partition coefficient (Wildman–Crippen LogP) is 0.523. The number of carboxylic acids is 1. The minimum atomic E-state index is -1.14. The van der Waals surface area contributed by atoms with Crippen LogP contribution in [0.15, 0.2) is 24.3 Å². The van der Waals surface area contributed by atoms with E-state index in [-0.39, 0.29) is 30.4 Å². The molecule has 33 heavy (non-hydrogen) atoms. The molecule has 1 rings (SSSR count). The molecule has 0 aliphatic heterocycles. The van der Waals surface area contributed by atoms with Crippen molar-refractivity contribution in [3.05, 3.63) is 29.8 Å². The van der Waals surface area contributed by atoms with Gasteiger partial charge < -0.3 is 31.9 Å². The molecule has 0 aliphatic carbocycles. The Morgan fingerprint density at radius 3 is 1.94 bits per heavy atom. The molecule has 0 spiro atoms. The van der Waals surface area contributed by atoms with Crippen LogP contribution in [0.4, 0.5) is 0 Å². The molecule has 0 saturated heterocycles. The van der Waals surface area contributed by atoms with Crippen molar-refractivity contribution in [1.82, 2.24) is 16.0 Å². The third-order valence-electron chi connectivity index (χ3n) is 5.05. The van der Waals surface area contributed by atoms with Crippen molar-refractivity contribution >= 4 is 23.7 Å². The van der Waals surface area contributed by atoms with Gasteiger partial charge in [0.15, 0.2) is 0 Å². The lowest BCUT2D eigenvalue weighted by molar-refractivity contribution is -0.143. The summed E-state index contributed by atoms with van der Waals surface area (Å²) in [6, 6.07) is 2.35. The molecule has 10 heteroatoms. The molecule has 4 unspecified atom stereocenters. The average molecular weight is 465 g/mol. The molecular formula is C23H36N4O6. The van der Waals surface area contributed by atoms with E-state index in [1.807, 2.05) is 13.8 Å². The second-order valence-corrected chi connectivity index (χ2v) is 8.97. The number of nitrogens with one attached hydrogen (secondary N) is 3. The maximum absolute atomic E-state index is 12.7. The van der Waals surface area contributed by atoms with Crippen LogP contribution >= 0.6 is 0 Å². The molecule has 1 aromatic carbocycles. The van der Waals surface area contributed by atoms with Crippen molar-refractivity contribution in [1.29, 1.82) is 0 Å². The predicted molar refractivity (Wildman–Crippen MR) is 123 cm³/mol. The van der Waals surface area contributed by atoms with Crippen molar-refractivity contribution < 1.29 is 29.4 Å². The first-order valence-electron chi connectivity index (χ1n) is 11.0. The first-order valence-corrected chi connectivity index (χ1v) is 11.0. The Hall–Kier alpha value is -3.14. The van der Waals surface area contributed by atoms with Crippen molar-refractivity contribution in [2.24, 2.45) is 17.6 Å². The lowest BCUT2D eigenvalue weighted by Gasteiger charge is -2.26. The molecule has 1 aromatic rings. The van der Waals surface area contributed by atoms with Gasteiger partial charge in [-0.1, -0.05) is 39.8 Å². The molecule has 0 fully saturated rings. The topological polar surface area (TPSA) is 171 Å². The van der Waals surface area contributed by atoms with Crippen molar-refractivity contribution in [3.8, 4) is 5.75 Å². The van der Waals surface area contributed by atoms with Gasteiger partial charge in [-0.2, -0.15) is 0 Å². The molecule has 0 heterocycles. The zero-order chi connectivity index (χ0) is 25.3. The number of benzene rings is 1. The van der Waals surface area contributed by atoms with Crippen molar-refractivity contribution in [2.75, 3.05) is 0 Å². The number of carbonyl (C=O) groups excluding carboxylic acids is 3. The Balaban J connectivity index is 2.71. The number of hydrogen-bond acceptors (Lipinski definition) is 6. The fourth-order valence-corrected chi connectivity index (χ4v) is 3.13. The van der Waals surface area contributed by atoms with Gasteiger partial charge >= 0.3 is 5.97 Å². The van der Waals surface area contributed by atoms with E-state index in [2.05, 4.69) is 16.0 Å². The first-order chi connectivity index (χ1) is 15.3. The van der Waals surface area contributed by atoms with Gasteiger partial charge in [0.05, 0.1) is 6.04 Å². The van der Waals surface area contributed by atoms with Crippen LogP contribution in [0, 0.1) is 11.8 Å². The summed E-state index contributed by atoms with van der Waals surface area (Å²) < 4.78 is 0. The van der Waals surface area contributed by atoms with Crippen LogP contribution in [0.1, 0.15) is 46.6 Å². The maximum atomic E-state index is 12.7. The van der Waals surface area contributed by atoms with Crippen LogP contribution in [0.2, 0.25) is 0 Å². The average Bonchev–Trinajstić information content (AvgIpc) is 2.71. The van der Waals surface area contributed by atoms with Crippen LogP contribution in [0.5, 0.6) is 5.75 Å². The number of phenolic OH excluding ortho intramolecular Hbond substituents is 1. The number of nitrogens with two attached hydrogens (primary N) is 1. The summed E-state index contributed by atoms with van der Waals surface area (Å²) in [6.07, 6.45) is 0.467. The van der Waals surface area contributed by atoms with E-state index in [9.17, 15) is 29.4 Å². The number of hydrogen-bond donors (Lipinski definition) is 6. The highest BCUT2D eigenvalue weighted by atomic mass is 16.4. The van der Waals surface area contributed by atoms with E-state index in [1.165, 1.54) is 19.1 Å². The van der Waals surface area contributed by atoms with Crippen LogP contribution in [-0.4, -0.2) is 58.1 Å². The van der Waals surface area contributed by atoms with Gasteiger partial charge in [-0.05, 0) is 49.3 Å². The van der Waals surface area contributed by atoms with Gasteiger partial charge in [-0.15, -0.1) is 0 Å². The van der Waals surface area contributed by atoms with Crippen molar-refractivity contribution in [3.63, 3.8) is 0 Å². The van der Waals surface area contributed by atoms with Crippen LogP contribution in [0.25, 0.3) is 0 Å². The molecule has 3 amide bonds. The number of phenols is 1. The van der Waals surface area contributed by atoms with Gasteiger partial charge in [0, 0.05) is 0 Å². The first kappa shape index (κ1) is 27.9. The molecule has 4 atom stereocenters. The van der Waals surface area contributed by atoms with Crippen LogP contribution in [0.3, 0.4) is 0 Å².